The first-order valence-corrected chi connectivity index (χ1v) is 7.71. The molecule has 0 aliphatic carbocycles. The predicted octanol–water partition coefficient (Wildman–Crippen LogP) is -2.01. The van der Waals surface area contributed by atoms with Crippen LogP contribution in [0.1, 0.15) is 12.8 Å². The molecule has 1 amide bonds. The van der Waals surface area contributed by atoms with E-state index in [1.165, 1.54) is 7.11 Å². The van der Waals surface area contributed by atoms with E-state index in [1.54, 1.807) is 4.90 Å². The second-order valence-electron chi connectivity index (χ2n) is 4.65. The molecule has 0 saturated carbocycles. The number of hydrogen-bond donors (Lipinski definition) is 3. The zero-order valence-corrected chi connectivity index (χ0v) is 11.9. The van der Waals surface area contributed by atoms with Crippen LogP contribution in [-0.2, 0) is 19.7 Å². The minimum absolute atomic E-state index is 0.0614. The van der Waals surface area contributed by atoms with Crippen molar-refractivity contribution in [3.63, 3.8) is 0 Å². The van der Waals surface area contributed by atoms with Crippen molar-refractivity contribution in [1.29, 1.82) is 0 Å². The number of hydrogen-bond acceptors (Lipinski definition) is 5. The number of nitrogens with one attached hydrogen (secondary N) is 1. The molecule has 112 valence electrons. The van der Waals surface area contributed by atoms with E-state index in [2.05, 4.69) is 4.72 Å². The highest BCUT2D eigenvalue weighted by molar-refractivity contribution is 7.87. The quantitative estimate of drug-likeness (QED) is 0.521. The number of nitrogens with two attached hydrogens (primary N) is 2. The second-order valence-corrected chi connectivity index (χ2v) is 6.02. The van der Waals surface area contributed by atoms with Crippen molar-refractivity contribution in [1.82, 2.24) is 9.62 Å². The number of likely N-dealkylation sites (tertiary alicyclic amines) is 1. The van der Waals surface area contributed by atoms with Crippen LogP contribution in [0.4, 0.5) is 0 Å². The van der Waals surface area contributed by atoms with Gasteiger partial charge in [0.1, 0.15) is 6.10 Å². The smallest absolute Gasteiger partial charge is 0.274 e. The van der Waals surface area contributed by atoms with Crippen molar-refractivity contribution in [3.05, 3.63) is 0 Å². The van der Waals surface area contributed by atoms with Gasteiger partial charge in [-0.3, -0.25) is 4.79 Å². The summed E-state index contributed by atoms with van der Waals surface area (Å²) in [5.74, 6) is -0.0865. The highest BCUT2D eigenvalue weighted by Gasteiger charge is 2.28. The standard InChI is InChI=1S/C10H22N4O4S/c1-18-9(5-11)10(15)14-4-2-3-8(7-14)6-13-19(12,16)17/h8-9,13H,2-7,11H2,1H3,(H2,12,16,17). The Morgan fingerprint density at radius 2 is 2.26 bits per heavy atom. The average Bonchev–Trinajstić information content (AvgIpc) is 2.37. The fourth-order valence-corrected chi connectivity index (χ4v) is 2.64. The fourth-order valence-electron chi connectivity index (χ4n) is 2.17. The molecule has 0 bridgehead atoms. The molecule has 1 aliphatic heterocycles. The summed E-state index contributed by atoms with van der Waals surface area (Å²) in [6, 6.07) is 0. The van der Waals surface area contributed by atoms with Crippen LogP contribution in [0.15, 0.2) is 0 Å². The van der Waals surface area contributed by atoms with E-state index in [0.717, 1.165) is 12.8 Å². The summed E-state index contributed by atoms with van der Waals surface area (Å²) in [6.45, 7) is 1.50. The first-order valence-electron chi connectivity index (χ1n) is 6.16. The van der Waals surface area contributed by atoms with Crippen molar-refractivity contribution in [2.24, 2.45) is 16.8 Å². The van der Waals surface area contributed by atoms with Crippen molar-refractivity contribution in [2.75, 3.05) is 33.3 Å². The molecule has 2 unspecified atom stereocenters. The van der Waals surface area contributed by atoms with Gasteiger partial charge >= 0.3 is 0 Å². The van der Waals surface area contributed by atoms with Gasteiger partial charge in [-0.05, 0) is 18.8 Å². The first-order chi connectivity index (χ1) is 8.87. The Bertz CT molecular complexity index is 396. The molecule has 5 N–H and O–H groups in total. The molecule has 0 radical (unpaired) electrons. The normalized spacial score (nSPS) is 22.3. The maximum absolute atomic E-state index is 12.1. The molecule has 2 atom stereocenters. The predicted molar refractivity (Wildman–Crippen MR) is 70.3 cm³/mol. The maximum Gasteiger partial charge on any atom is 0.274 e. The number of nitrogens with zero attached hydrogens (tertiary/aromatic N) is 1. The highest BCUT2D eigenvalue weighted by Crippen LogP contribution is 2.17. The molecule has 0 aromatic rings. The van der Waals surface area contributed by atoms with Gasteiger partial charge in [-0.1, -0.05) is 0 Å². The van der Waals surface area contributed by atoms with Crippen LogP contribution in [0, 0.1) is 5.92 Å². The van der Waals surface area contributed by atoms with Crippen LogP contribution in [0.5, 0.6) is 0 Å². The third-order valence-corrected chi connectivity index (χ3v) is 3.75. The summed E-state index contributed by atoms with van der Waals surface area (Å²) >= 11 is 0. The van der Waals surface area contributed by atoms with E-state index >= 15 is 0 Å². The number of piperidine rings is 1. The number of rotatable bonds is 6. The van der Waals surface area contributed by atoms with Crippen molar-refractivity contribution < 1.29 is 17.9 Å². The molecule has 1 rings (SSSR count). The van der Waals surface area contributed by atoms with Gasteiger partial charge in [0, 0.05) is 33.3 Å². The molecule has 9 heteroatoms. The number of carbonyl (C=O) groups excluding carboxylic acids is 1. The topological polar surface area (TPSA) is 128 Å². The highest BCUT2D eigenvalue weighted by atomic mass is 32.2. The van der Waals surface area contributed by atoms with E-state index in [1.807, 2.05) is 0 Å². The van der Waals surface area contributed by atoms with Gasteiger partial charge in [0.15, 0.2) is 0 Å². The van der Waals surface area contributed by atoms with Gasteiger partial charge in [0.2, 0.25) is 0 Å². The molecule has 8 nitrogen and oxygen atoms in total. The van der Waals surface area contributed by atoms with E-state index in [4.69, 9.17) is 15.6 Å². The lowest BCUT2D eigenvalue weighted by atomic mass is 9.98. The number of amides is 1. The molecule has 1 heterocycles. The van der Waals surface area contributed by atoms with Crippen LogP contribution in [0.25, 0.3) is 0 Å². The monoisotopic (exact) mass is 294 g/mol. The Morgan fingerprint density at radius 1 is 1.58 bits per heavy atom. The summed E-state index contributed by atoms with van der Waals surface area (Å²) in [6.07, 6.45) is 1.04. The van der Waals surface area contributed by atoms with E-state index in [0.29, 0.717) is 13.1 Å². The maximum atomic E-state index is 12.1. The second kappa shape index (κ2) is 7.15. The van der Waals surface area contributed by atoms with Gasteiger partial charge in [-0.25, -0.2) is 9.86 Å². The third kappa shape index (κ3) is 5.41. The zero-order valence-electron chi connectivity index (χ0n) is 11.0. The number of methoxy groups -OCH3 is 1. The summed E-state index contributed by atoms with van der Waals surface area (Å²) in [4.78, 5) is 13.7. The van der Waals surface area contributed by atoms with E-state index in [-0.39, 0.29) is 24.9 Å². The van der Waals surface area contributed by atoms with E-state index in [9.17, 15) is 13.2 Å². The van der Waals surface area contributed by atoms with Gasteiger partial charge in [-0.15, -0.1) is 0 Å². The van der Waals surface area contributed by atoms with Gasteiger partial charge < -0.3 is 15.4 Å². The lowest BCUT2D eigenvalue weighted by Gasteiger charge is -2.34. The zero-order chi connectivity index (χ0) is 14.5. The van der Waals surface area contributed by atoms with Gasteiger partial charge in [-0.2, -0.15) is 8.42 Å². The Balaban J connectivity index is 2.52. The third-order valence-electron chi connectivity index (χ3n) is 3.18. The Hall–Kier alpha value is -0.740. The Labute approximate surface area is 113 Å². The molecule has 0 aromatic carbocycles. The van der Waals surface area contributed by atoms with Crippen LogP contribution >= 0.6 is 0 Å². The Morgan fingerprint density at radius 3 is 2.79 bits per heavy atom. The number of ether oxygens (including phenoxy) is 1. The van der Waals surface area contributed by atoms with Crippen molar-refractivity contribution >= 4 is 16.1 Å². The molecule has 19 heavy (non-hydrogen) atoms. The summed E-state index contributed by atoms with van der Waals surface area (Å²) in [7, 11) is -2.24. The SMILES string of the molecule is COC(CN)C(=O)N1CCCC(CNS(N)(=O)=O)C1. The van der Waals surface area contributed by atoms with Crippen molar-refractivity contribution in [3.8, 4) is 0 Å². The van der Waals surface area contributed by atoms with Crippen LogP contribution in [-0.4, -0.2) is 58.6 Å². The lowest BCUT2D eigenvalue weighted by Crippen LogP contribution is -2.49. The van der Waals surface area contributed by atoms with Crippen LogP contribution < -0.4 is 15.6 Å². The fraction of sp³-hybridized carbons (Fsp3) is 0.900. The summed E-state index contributed by atoms with van der Waals surface area (Å²) in [5.41, 5.74) is 5.46. The minimum Gasteiger partial charge on any atom is -0.370 e. The molecule has 1 fully saturated rings. The van der Waals surface area contributed by atoms with Gasteiger partial charge in [0.25, 0.3) is 16.1 Å². The molecular weight excluding hydrogens is 272 g/mol. The van der Waals surface area contributed by atoms with Crippen molar-refractivity contribution in [2.45, 2.75) is 18.9 Å². The average molecular weight is 294 g/mol. The largest absolute Gasteiger partial charge is 0.370 e. The molecule has 0 spiro atoms. The van der Waals surface area contributed by atoms with Crippen LogP contribution in [0.2, 0.25) is 0 Å². The van der Waals surface area contributed by atoms with Crippen LogP contribution in [0.3, 0.4) is 0 Å². The molecule has 1 saturated heterocycles. The number of carbonyl (C=O) groups is 1. The first kappa shape index (κ1) is 16.3. The summed E-state index contributed by atoms with van der Waals surface area (Å²) in [5, 5.41) is 4.88. The minimum atomic E-state index is -3.69. The summed E-state index contributed by atoms with van der Waals surface area (Å²) < 4.78 is 29.0. The molecule has 1 aliphatic rings. The van der Waals surface area contributed by atoms with E-state index < -0.39 is 16.3 Å². The molecular formula is C10H22N4O4S. The Kier molecular flexibility index (Phi) is 6.14. The molecule has 0 aromatic heterocycles. The van der Waals surface area contributed by atoms with Gasteiger partial charge in [0.05, 0.1) is 0 Å². The lowest BCUT2D eigenvalue weighted by molar-refractivity contribution is -0.143.